The van der Waals surface area contributed by atoms with Crippen LogP contribution in [0.2, 0.25) is 0 Å². The summed E-state index contributed by atoms with van der Waals surface area (Å²) in [6, 6.07) is 0. The van der Waals surface area contributed by atoms with Crippen LogP contribution in [0.25, 0.3) is 0 Å². The number of allylic oxidation sites excluding steroid dienone is 1. The molecule has 0 amide bonds. The van der Waals surface area contributed by atoms with Gasteiger partial charge in [-0.15, -0.1) is 6.58 Å². The first-order chi connectivity index (χ1) is 10.6. The first-order valence-electron chi connectivity index (χ1n) is 8.95. The van der Waals surface area contributed by atoms with E-state index < -0.39 is 0 Å². The molecular formula is C19H30O3. The van der Waals surface area contributed by atoms with Gasteiger partial charge in [0, 0.05) is 24.2 Å². The van der Waals surface area contributed by atoms with Gasteiger partial charge >= 0.3 is 0 Å². The zero-order valence-electron chi connectivity index (χ0n) is 14.1. The average molecular weight is 306 g/mol. The SMILES string of the molecule is C=CCCC[C@@H]1CC(=O)C[C@@H](C)[C@]1(C)[C@@H]1C[C@@H]2CCO[C@@H]2O1. The Kier molecular flexibility index (Phi) is 4.75. The van der Waals surface area contributed by atoms with Crippen molar-refractivity contribution in [3.05, 3.63) is 12.7 Å². The van der Waals surface area contributed by atoms with E-state index in [4.69, 9.17) is 9.47 Å². The van der Waals surface area contributed by atoms with Crippen LogP contribution in [-0.4, -0.2) is 24.8 Å². The summed E-state index contributed by atoms with van der Waals surface area (Å²) >= 11 is 0. The molecule has 0 bridgehead atoms. The Balaban J connectivity index is 1.76. The van der Waals surface area contributed by atoms with Crippen molar-refractivity contribution in [1.82, 2.24) is 0 Å². The van der Waals surface area contributed by atoms with Gasteiger partial charge in [-0.05, 0) is 43.9 Å². The molecule has 0 aromatic rings. The Hall–Kier alpha value is -0.670. The number of unbranched alkanes of at least 4 members (excludes halogenated alkanes) is 1. The van der Waals surface area contributed by atoms with Gasteiger partial charge in [-0.2, -0.15) is 0 Å². The lowest BCUT2D eigenvalue weighted by molar-refractivity contribution is -0.173. The summed E-state index contributed by atoms with van der Waals surface area (Å²) in [7, 11) is 0. The first-order valence-corrected chi connectivity index (χ1v) is 8.95. The van der Waals surface area contributed by atoms with Crippen molar-refractivity contribution in [2.75, 3.05) is 6.61 Å². The summed E-state index contributed by atoms with van der Waals surface area (Å²) in [5.74, 6) is 1.84. The van der Waals surface area contributed by atoms with Crippen LogP contribution in [0.1, 0.15) is 58.8 Å². The van der Waals surface area contributed by atoms with Gasteiger partial charge in [-0.25, -0.2) is 0 Å². The summed E-state index contributed by atoms with van der Waals surface area (Å²) in [6.45, 7) is 9.28. The van der Waals surface area contributed by atoms with Crippen LogP contribution in [0.3, 0.4) is 0 Å². The number of fused-ring (bicyclic) bond motifs is 1. The van der Waals surface area contributed by atoms with Crippen molar-refractivity contribution in [3.63, 3.8) is 0 Å². The van der Waals surface area contributed by atoms with Gasteiger partial charge in [-0.1, -0.05) is 19.9 Å². The fraction of sp³-hybridized carbons (Fsp3) is 0.842. The molecule has 0 spiro atoms. The van der Waals surface area contributed by atoms with Crippen molar-refractivity contribution in [2.24, 2.45) is 23.2 Å². The van der Waals surface area contributed by atoms with E-state index in [2.05, 4.69) is 20.4 Å². The van der Waals surface area contributed by atoms with Crippen molar-refractivity contribution >= 4 is 5.78 Å². The zero-order chi connectivity index (χ0) is 15.7. The van der Waals surface area contributed by atoms with Crippen LogP contribution in [0, 0.1) is 23.2 Å². The van der Waals surface area contributed by atoms with Gasteiger partial charge < -0.3 is 9.47 Å². The van der Waals surface area contributed by atoms with Gasteiger partial charge in [-0.3, -0.25) is 4.79 Å². The molecule has 0 N–H and O–H groups in total. The number of hydrogen-bond donors (Lipinski definition) is 0. The number of rotatable bonds is 5. The van der Waals surface area contributed by atoms with E-state index in [-0.39, 0.29) is 17.8 Å². The quantitative estimate of drug-likeness (QED) is 0.566. The number of carbonyl (C=O) groups excluding carboxylic acids is 1. The standard InChI is InChI=1S/C19H30O3/c1-4-5-6-7-15-12-16(20)10-13(2)19(15,3)17-11-14-8-9-21-18(14)22-17/h4,13-15,17-18H,1,5-12H2,2-3H3/t13-,14+,15-,17+,18-,19+/m1/s1. The Morgan fingerprint density at radius 1 is 1.41 bits per heavy atom. The fourth-order valence-electron chi connectivity index (χ4n) is 4.92. The van der Waals surface area contributed by atoms with Crippen molar-refractivity contribution in [2.45, 2.75) is 71.2 Å². The normalized spacial score (nSPS) is 45.0. The predicted octanol–water partition coefficient (Wildman–Crippen LogP) is 4.12. The number of Topliss-reactive ketones (excluding diaryl/α,β-unsaturated/α-hetero) is 1. The second-order valence-electron chi connectivity index (χ2n) is 7.78. The monoisotopic (exact) mass is 306 g/mol. The fourth-order valence-corrected chi connectivity index (χ4v) is 4.92. The molecule has 124 valence electrons. The van der Waals surface area contributed by atoms with Gasteiger partial charge in [0.1, 0.15) is 5.78 Å². The van der Waals surface area contributed by atoms with Gasteiger partial charge in [0.2, 0.25) is 0 Å². The Labute approximate surface area is 134 Å². The first kappa shape index (κ1) is 16.2. The molecule has 22 heavy (non-hydrogen) atoms. The second kappa shape index (κ2) is 6.45. The van der Waals surface area contributed by atoms with Gasteiger partial charge in [0.25, 0.3) is 0 Å². The molecule has 0 aromatic heterocycles. The third-order valence-electron chi connectivity index (χ3n) is 6.57. The third-order valence-corrected chi connectivity index (χ3v) is 6.57. The lowest BCUT2D eigenvalue weighted by Crippen LogP contribution is -2.49. The van der Waals surface area contributed by atoms with E-state index in [1.165, 1.54) is 0 Å². The van der Waals surface area contributed by atoms with E-state index in [9.17, 15) is 4.79 Å². The lowest BCUT2D eigenvalue weighted by atomic mass is 9.57. The molecule has 2 aliphatic heterocycles. The Morgan fingerprint density at radius 2 is 2.23 bits per heavy atom. The van der Waals surface area contributed by atoms with Gasteiger partial charge in [0.05, 0.1) is 12.7 Å². The van der Waals surface area contributed by atoms with E-state index in [1.807, 2.05) is 6.08 Å². The van der Waals surface area contributed by atoms with Crippen molar-refractivity contribution < 1.29 is 14.3 Å². The number of ketones is 1. The number of carbonyl (C=O) groups is 1. The highest BCUT2D eigenvalue weighted by Gasteiger charge is 2.54. The van der Waals surface area contributed by atoms with Crippen molar-refractivity contribution in [3.8, 4) is 0 Å². The van der Waals surface area contributed by atoms with Gasteiger partial charge in [0.15, 0.2) is 6.29 Å². The summed E-state index contributed by atoms with van der Waals surface area (Å²) in [5, 5.41) is 0. The molecule has 0 unspecified atom stereocenters. The molecule has 3 nitrogen and oxygen atoms in total. The molecule has 3 fully saturated rings. The van der Waals surface area contributed by atoms with Crippen LogP contribution in [-0.2, 0) is 14.3 Å². The van der Waals surface area contributed by atoms with E-state index in [0.29, 0.717) is 30.0 Å². The van der Waals surface area contributed by atoms with Crippen LogP contribution < -0.4 is 0 Å². The van der Waals surface area contributed by atoms with E-state index in [1.54, 1.807) is 0 Å². The lowest BCUT2D eigenvalue weighted by Gasteiger charge is -2.49. The van der Waals surface area contributed by atoms with Crippen LogP contribution in [0.5, 0.6) is 0 Å². The zero-order valence-corrected chi connectivity index (χ0v) is 14.1. The topological polar surface area (TPSA) is 35.5 Å². The molecule has 2 heterocycles. The maximum Gasteiger partial charge on any atom is 0.160 e. The molecule has 0 radical (unpaired) electrons. The number of ether oxygens (including phenoxy) is 2. The Bertz CT molecular complexity index is 420. The molecule has 6 atom stereocenters. The molecule has 3 aliphatic rings. The molecule has 1 aliphatic carbocycles. The van der Waals surface area contributed by atoms with E-state index >= 15 is 0 Å². The highest BCUT2D eigenvalue weighted by Crippen LogP contribution is 2.54. The highest BCUT2D eigenvalue weighted by atomic mass is 16.7. The second-order valence-corrected chi connectivity index (χ2v) is 7.78. The predicted molar refractivity (Wildman–Crippen MR) is 86.4 cm³/mol. The number of hydrogen-bond acceptors (Lipinski definition) is 3. The summed E-state index contributed by atoms with van der Waals surface area (Å²) in [5.41, 5.74) is 0.1000. The van der Waals surface area contributed by atoms with Crippen LogP contribution in [0.4, 0.5) is 0 Å². The molecular weight excluding hydrogens is 276 g/mol. The average Bonchev–Trinajstić information content (AvgIpc) is 3.05. The minimum Gasteiger partial charge on any atom is -0.352 e. The maximum atomic E-state index is 12.1. The smallest absolute Gasteiger partial charge is 0.160 e. The summed E-state index contributed by atoms with van der Waals surface area (Å²) in [4.78, 5) is 12.1. The van der Waals surface area contributed by atoms with E-state index in [0.717, 1.165) is 45.1 Å². The Morgan fingerprint density at radius 3 is 2.95 bits per heavy atom. The van der Waals surface area contributed by atoms with Crippen LogP contribution in [0.15, 0.2) is 12.7 Å². The molecule has 3 heteroatoms. The summed E-state index contributed by atoms with van der Waals surface area (Å²) < 4.78 is 12.0. The minimum atomic E-state index is 0.0143. The molecule has 0 aromatic carbocycles. The molecule has 3 rings (SSSR count). The minimum absolute atomic E-state index is 0.0143. The summed E-state index contributed by atoms with van der Waals surface area (Å²) in [6.07, 6.45) is 9.20. The molecule has 1 saturated carbocycles. The highest BCUT2D eigenvalue weighted by molar-refractivity contribution is 5.80. The largest absolute Gasteiger partial charge is 0.352 e. The van der Waals surface area contributed by atoms with Crippen LogP contribution >= 0.6 is 0 Å². The maximum absolute atomic E-state index is 12.1. The van der Waals surface area contributed by atoms with Crippen molar-refractivity contribution in [1.29, 1.82) is 0 Å². The molecule has 2 saturated heterocycles. The third kappa shape index (κ3) is 2.78.